The zero-order chi connectivity index (χ0) is 11.5. The molecule has 1 amide bonds. The number of methoxy groups -OCH3 is 1. The number of nitrogens with one attached hydrogen (secondary N) is 2. The van der Waals surface area contributed by atoms with Crippen LogP contribution < -0.4 is 10.1 Å². The number of hydrogen-bond acceptors (Lipinski definition) is 5. The van der Waals surface area contributed by atoms with Crippen molar-refractivity contribution in [3.63, 3.8) is 0 Å². The van der Waals surface area contributed by atoms with Crippen LogP contribution in [-0.2, 0) is 9.53 Å². The number of aromatic amines is 1. The first-order chi connectivity index (χ1) is 7.69. The maximum Gasteiger partial charge on any atom is 0.336 e. The molecule has 1 saturated heterocycles. The van der Waals surface area contributed by atoms with Gasteiger partial charge in [0.05, 0.1) is 25.7 Å². The number of ether oxygens (including phenoxy) is 2. The number of anilines is 1. The highest BCUT2D eigenvalue weighted by Gasteiger charge is 2.28. The van der Waals surface area contributed by atoms with Crippen LogP contribution >= 0.6 is 0 Å². The van der Waals surface area contributed by atoms with Crippen molar-refractivity contribution in [2.24, 2.45) is 5.92 Å². The number of hydrogen-bond donors (Lipinski definition) is 2. The van der Waals surface area contributed by atoms with Crippen molar-refractivity contribution < 1.29 is 14.3 Å². The molecule has 0 spiro atoms. The Hall–Kier alpha value is -1.63. The lowest BCUT2D eigenvalue weighted by atomic mass is 10.1. The number of H-pyrrole nitrogens is 1. The van der Waals surface area contributed by atoms with Crippen LogP contribution in [0.2, 0.25) is 0 Å². The molecule has 0 aromatic carbocycles. The molecule has 1 aromatic rings. The monoisotopic (exact) mass is 226 g/mol. The minimum absolute atomic E-state index is 0.108. The van der Waals surface area contributed by atoms with E-state index in [1.807, 2.05) is 6.92 Å². The zero-order valence-corrected chi connectivity index (χ0v) is 9.19. The number of nitrogens with zero attached hydrogens (tertiary/aromatic N) is 2. The van der Waals surface area contributed by atoms with Crippen LogP contribution in [0, 0.1) is 5.92 Å². The third-order valence-electron chi connectivity index (χ3n) is 2.46. The molecule has 2 N–H and O–H groups in total. The third kappa shape index (κ3) is 2.30. The molecule has 2 rings (SSSR count). The van der Waals surface area contributed by atoms with Gasteiger partial charge in [-0.15, -0.1) is 5.10 Å². The number of amides is 1. The molecular formula is C9H14N4O3. The SMILES string of the molecule is COc1n[nH]c(NC(=O)C2COC(C)C2)n1. The lowest BCUT2D eigenvalue weighted by Crippen LogP contribution is -2.23. The summed E-state index contributed by atoms with van der Waals surface area (Å²) in [5, 5.41) is 8.92. The van der Waals surface area contributed by atoms with E-state index in [1.165, 1.54) is 7.11 Å². The average Bonchev–Trinajstić information content (AvgIpc) is 2.87. The first kappa shape index (κ1) is 10.9. The van der Waals surface area contributed by atoms with Crippen LogP contribution in [0.3, 0.4) is 0 Å². The normalized spacial score (nSPS) is 24.4. The van der Waals surface area contributed by atoms with Gasteiger partial charge in [-0.2, -0.15) is 4.98 Å². The van der Waals surface area contributed by atoms with Gasteiger partial charge in [0.1, 0.15) is 0 Å². The topological polar surface area (TPSA) is 89.1 Å². The highest BCUT2D eigenvalue weighted by molar-refractivity contribution is 5.91. The fourth-order valence-corrected chi connectivity index (χ4v) is 1.61. The second-order valence-corrected chi connectivity index (χ2v) is 3.74. The maximum absolute atomic E-state index is 11.7. The summed E-state index contributed by atoms with van der Waals surface area (Å²) in [6.07, 6.45) is 0.872. The number of carbonyl (C=O) groups excluding carboxylic acids is 1. The molecule has 1 aromatic heterocycles. The van der Waals surface area contributed by atoms with Gasteiger partial charge in [-0.25, -0.2) is 5.10 Å². The minimum Gasteiger partial charge on any atom is -0.466 e. The summed E-state index contributed by atoms with van der Waals surface area (Å²) in [5.41, 5.74) is 0. The molecule has 1 aliphatic heterocycles. The second-order valence-electron chi connectivity index (χ2n) is 3.74. The molecule has 0 aliphatic carbocycles. The van der Waals surface area contributed by atoms with Gasteiger partial charge in [-0.05, 0) is 13.3 Å². The van der Waals surface area contributed by atoms with E-state index in [0.29, 0.717) is 12.6 Å². The van der Waals surface area contributed by atoms with Crippen molar-refractivity contribution in [2.45, 2.75) is 19.4 Å². The van der Waals surface area contributed by atoms with Crippen molar-refractivity contribution >= 4 is 11.9 Å². The minimum atomic E-state index is -0.119. The van der Waals surface area contributed by atoms with E-state index in [2.05, 4.69) is 20.5 Å². The maximum atomic E-state index is 11.7. The Morgan fingerprint density at radius 3 is 3.06 bits per heavy atom. The third-order valence-corrected chi connectivity index (χ3v) is 2.46. The van der Waals surface area contributed by atoms with Crippen LogP contribution in [0.15, 0.2) is 0 Å². The molecule has 0 radical (unpaired) electrons. The molecule has 2 atom stereocenters. The van der Waals surface area contributed by atoms with E-state index in [4.69, 9.17) is 9.47 Å². The van der Waals surface area contributed by atoms with Crippen LogP contribution in [0.4, 0.5) is 5.95 Å². The molecule has 0 bridgehead atoms. The van der Waals surface area contributed by atoms with E-state index in [-0.39, 0.29) is 23.9 Å². The first-order valence-corrected chi connectivity index (χ1v) is 5.08. The molecule has 2 heterocycles. The van der Waals surface area contributed by atoms with Crippen molar-refractivity contribution in [1.29, 1.82) is 0 Å². The molecule has 2 unspecified atom stereocenters. The molecule has 0 saturated carbocycles. The van der Waals surface area contributed by atoms with Gasteiger partial charge in [0.2, 0.25) is 11.9 Å². The predicted molar refractivity (Wildman–Crippen MR) is 55.1 cm³/mol. The second kappa shape index (κ2) is 4.48. The molecule has 7 heteroatoms. The lowest BCUT2D eigenvalue weighted by molar-refractivity contribution is -0.119. The van der Waals surface area contributed by atoms with Crippen LogP contribution in [0.25, 0.3) is 0 Å². The molecule has 7 nitrogen and oxygen atoms in total. The Kier molecular flexibility index (Phi) is 3.04. The number of carbonyl (C=O) groups is 1. The average molecular weight is 226 g/mol. The molecule has 1 fully saturated rings. The van der Waals surface area contributed by atoms with Gasteiger partial charge in [0, 0.05) is 0 Å². The van der Waals surface area contributed by atoms with Gasteiger partial charge in [0.25, 0.3) is 0 Å². The molecular weight excluding hydrogens is 212 g/mol. The van der Waals surface area contributed by atoms with E-state index in [1.54, 1.807) is 0 Å². The highest BCUT2D eigenvalue weighted by Crippen LogP contribution is 2.20. The van der Waals surface area contributed by atoms with E-state index < -0.39 is 0 Å². The van der Waals surface area contributed by atoms with E-state index >= 15 is 0 Å². The Labute approximate surface area is 92.5 Å². The Bertz CT molecular complexity index is 379. The summed E-state index contributed by atoms with van der Waals surface area (Å²) in [5.74, 6) is 0.0654. The van der Waals surface area contributed by atoms with Crippen LogP contribution in [0.5, 0.6) is 6.01 Å². The quantitative estimate of drug-likeness (QED) is 0.767. The largest absolute Gasteiger partial charge is 0.466 e. The Balaban J connectivity index is 1.91. The van der Waals surface area contributed by atoms with Gasteiger partial charge in [0.15, 0.2) is 0 Å². The summed E-state index contributed by atoms with van der Waals surface area (Å²) >= 11 is 0. The summed E-state index contributed by atoms with van der Waals surface area (Å²) in [6, 6.07) is 0.200. The Morgan fingerprint density at radius 2 is 2.50 bits per heavy atom. The highest BCUT2D eigenvalue weighted by atomic mass is 16.5. The van der Waals surface area contributed by atoms with Crippen molar-refractivity contribution in [3.8, 4) is 6.01 Å². The summed E-state index contributed by atoms with van der Waals surface area (Å²) in [4.78, 5) is 15.6. The summed E-state index contributed by atoms with van der Waals surface area (Å²) < 4.78 is 10.1. The summed E-state index contributed by atoms with van der Waals surface area (Å²) in [6.45, 7) is 2.41. The van der Waals surface area contributed by atoms with Crippen LogP contribution in [0.1, 0.15) is 13.3 Å². The van der Waals surface area contributed by atoms with Crippen molar-refractivity contribution in [3.05, 3.63) is 0 Å². The molecule has 16 heavy (non-hydrogen) atoms. The van der Waals surface area contributed by atoms with Crippen LogP contribution in [-0.4, -0.2) is 40.9 Å². The van der Waals surface area contributed by atoms with E-state index in [0.717, 1.165) is 6.42 Å². The summed E-state index contributed by atoms with van der Waals surface area (Å²) in [7, 11) is 1.46. The standard InChI is InChI=1S/C9H14N4O3/c1-5-3-6(4-16-5)7(14)10-8-11-9(15-2)13-12-8/h5-6H,3-4H2,1-2H3,(H2,10,11,12,13,14). The van der Waals surface area contributed by atoms with Crippen molar-refractivity contribution in [2.75, 3.05) is 19.0 Å². The lowest BCUT2D eigenvalue weighted by Gasteiger charge is -2.05. The predicted octanol–water partition coefficient (Wildman–Crippen LogP) is 0.177. The van der Waals surface area contributed by atoms with Gasteiger partial charge in [-0.3, -0.25) is 10.1 Å². The van der Waals surface area contributed by atoms with Crippen molar-refractivity contribution in [1.82, 2.24) is 15.2 Å². The first-order valence-electron chi connectivity index (χ1n) is 5.08. The van der Waals surface area contributed by atoms with Gasteiger partial charge in [-0.1, -0.05) is 0 Å². The Morgan fingerprint density at radius 1 is 1.69 bits per heavy atom. The van der Waals surface area contributed by atoms with E-state index in [9.17, 15) is 4.79 Å². The fourth-order valence-electron chi connectivity index (χ4n) is 1.61. The fraction of sp³-hybridized carbons (Fsp3) is 0.667. The van der Waals surface area contributed by atoms with Gasteiger partial charge >= 0.3 is 6.01 Å². The number of rotatable bonds is 3. The molecule has 88 valence electrons. The van der Waals surface area contributed by atoms with Gasteiger partial charge < -0.3 is 9.47 Å². The molecule has 1 aliphatic rings. The number of aromatic nitrogens is 3. The smallest absolute Gasteiger partial charge is 0.336 e. The zero-order valence-electron chi connectivity index (χ0n) is 9.19.